The molecule has 0 N–H and O–H groups in total. The van der Waals surface area contributed by atoms with Crippen molar-refractivity contribution in [2.24, 2.45) is 14.1 Å². The molecule has 0 amide bonds. The van der Waals surface area contributed by atoms with Gasteiger partial charge in [0, 0.05) is 31.8 Å². The summed E-state index contributed by atoms with van der Waals surface area (Å²) in [5.41, 5.74) is -0.528. The van der Waals surface area contributed by atoms with E-state index in [9.17, 15) is 19.7 Å². The van der Waals surface area contributed by atoms with Gasteiger partial charge in [-0.05, 0) is 12.1 Å². The average Bonchev–Trinajstić information content (AvgIpc) is 2.48. The number of nitro groups is 1. The van der Waals surface area contributed by atoms with Gasteiger partial charge in [0.25, 0.3) is 5.56 Å². The summed E-state index contributed by atoms with van der Waals surface area (Å²) in [7, 11) is 4.19. The summed E-state index contributed by atoms with van der Waals surface area (Å²) in [5, 5.41) is 11.0. The van der Waals surface area contributed by atoms with Gasteiger partial charge in [-0.25, -0.2) is 4.79 Å². The Kier molecular flexibility index (Phi) is 3.62. The lowest BCUT2D eigenvalue weighted by Crippen LogP contribution is -2.37. The number of hydrogen-bond acceptors (Lipinski definition) is 5. The molecule has 1 aromatic carbocycles. The highest BCUT2D eigenvalue weighted by Gasteiger charge is 2.17. The highest BCUT2D eigenvalue weighted by molar-refractivity contribution is 5.66. The predicted molar refractivity (Wildman–Crippen MR) is 75.6 cm³/mol. The van der Waals surface area contributed by atoms with E-state index in [0.717, 1.165) is 4.57 Å². The summed E-state index contributed by atoms with van der Waals surface area (Å²) in [5.74, 6) is 0.109. The molecule has 110 valence electrons. The van der Waals surface area contributed by atoms with Crippen molar-refractivity contribution in [2.75, 3.05) is 7.11 Å². The third kappa shape index (κ3) is 2.42. The van der Waals surface area contributed by atoms with E-state index in [0.29, 0.717) is 11.3 Å². The average molecular weight is 291 g/mol. The largest absolute Gasteiger partial charge is 0.490 e. The Bertz CT molecular complexity index is 835. The van der Waals surface area contributed by atoms with E-state index < -0.39 is 16.2 Å². The lowest BCUT2D eigenvalue weighted by atomic mass is 10.1. The molecule has 0 fully saturated rings. The zero-order valence-corrected chi connectivity index (χ0v) is 11.7. The van der Waals surface area contributed by atoms with Gasteiger partial charge in [-0.3, -0.25) is 24.0 Å². The Labute approximate surface area is 119 Å². The highest BCUT2D eigenvalue weighted by atomic mass is 16.6. The third-order valence-corrected chi connectivity index (χ3v) is 3.20. The Hall–Kier alpha value is -2.90. The van der Waals surface area contributed by atoms with Crippen molar-refractivity contribution < 1.29 is 9.66 Å². The van der Waals surface area contributed by atoms with Gasteiger partial charge in [-0.2, -0.15) is 0 Å². The minimum atomic E-state index is -0.582. The molecule has 0 bridgehead atoms. The second-order valence-corrected chi connectivity index (χ2v) is 4.41. The number of benzene rings is 1. The van der Waals surface area contributed by atoms with E-state index in [-0.39, 0.29) is 11.4 Å². The molecule has 1 aromatic heterocycles. The number of nitrogens with zero attached hydrogens (tertiary/aromatic N) is 3. The van der Waals surface area contributed by atoms with Crippen LogP contribution in [0.4, 0.5) is 5.69 Å². The Balaban J connectivity index is 2.74. The second kappa shape index (κ2) is 5.23. The third-order valence-electron chi connectivity index (χ3n) is 3.20. The van der Waals surface area contributed by atoms with Gasteiger partial charge in [0.05, 0.1) is 17.7 Å². The van der Waals surface area contributed by atoms with Crippen LogP contribution in [0.1, 0.15) is 0 Å². The van der Waals surface area contributed by atoms with Crippen LogP contribution in [0.3, 0.4) is 0 Å². The second-order valence-electron chi connectivity index (χ2n) is 4.41. The number of methoxy groups -OCH3 is 1. The maximum Gasteiger partial charge on any atom is 0.330 e. The van der Waals surface area contributed by atoms with Crippen LogP contribution < -0.4 is 16.0 Å². The van der Waals surface area contributed by atoms with Gasteiger partial charge < -0.3 is 4.74 Å². The molecule has 1 heterocycles. The van der Waals surface area contributed by atoms with E-state index in [1.54, 1.807) is 6.07 Å². The standard InChI is InChI=1S/C13H13N3O5/c1-14-9(7-12(17)15(2)13(14)18)8-4-5-11(21-3)10(6-8)16(19)20/h4-7H,1-3H3. The van der Waals surface area contributed by atoms with Crippen molar-refractivity contribution in [1.29, 1.82) is 0 Å². The fourth-order valence-corrected chi connectivity index (χ4v) is 2.00. The number of ether oxygens (including phenoxy) is 1. The van der Waals surface area contributed by atoms with Gasteiger partial charge in [0.2, 0.25) is 0 Å². The summed E-state index contributed by atoms with van der Waals surface area (Å²) in [6.07, 6.45) is 0. The van der Waals surface area contributed by atoms with Crippen LogP contribution in [0.5, 0.6) is 5.75 Å². The molecule has 0 radical (unpaired) electrons. The van der Waals surface area contributed by atoms with E-state index in [2.05, 4.69) is 0 Å². The number of aromatic nitrogens is 2. The number of nitro benzene ring substituents is 1. The first-order valence-electron chi connectivity index (χ1n) is 5.96. The number of rotatable bonds is 3. The number of hydrogen-bond donors (Lipinski definition) is 0. The molecule has 0 unspecified atom stereocenters. The molecule has 8 heteroatoms. The van der Waals surface area contributed by atoms with Gasteiger partial charge >= 0.3 is 11.4 Å². The summed E-state index contributed by atoms with van der Waals surface area (Å²) >= 11 is 0. The maximum atomic E-state index is 11.9. The Morgan fingerprint density at radius 1 is 1.14 bits per heavy atom. The summed E-state index contributed by atoms with van der Waals surface area (Å²) < 4.78 is 7.13. The lowest BCUT2D eigenvalue weighted by Gasteiger charge is -2.10. The molecule has 0 spiro atoms. The SMILES string of the molecule is COc1ccc(-c2cc(=O)n(C)c(=O)n2C)cc1[N+](=O)[O-]. The summed E-state index contributed by atoms with van der Waals surface area (Å²) in [4.78, 5) is 34.1. The minimum absolute atomic E-state index is 0.109. The van der Waals surface area contributed by atoms with E-state index >= 15 is 0 Å². The molecule has 8 nitrogen and oxygen atoms in total. The summed E-state index contributed by atoms with van der Waals surface area (Å²) in [6.45, 7) is 0. The van der Waals surface area contributed by atoms with Crippen molar-refractivity contribution in [3.63, 3.8) is 0 Å². The van der Waals surface area contributed by atoms with Crippen LogP contribution in [0, 0.1) is 10.1 Å². The maximum absolute atomic E-state index is 11.9. The first kappa shape index (κ1) is 14.5. The van der Waals surface area contributed by atoms with Crippen molar-refractivity contribution in [3.8, 4) is 17.0 Å². The van der Waals surface area contributed by atoms with E-state index in [1.165, 1.54) is 44.0 Å². The van der Waals surface area contributed by atoms with E-state index in [4.69, 9.17) is 4.74 Å². The van der Waals surface area contributed by atoms with Crippen molar-refractivity contribution in [2.45, 2.75) is 0 Å². The molecule has 0 aliphatic rings. The predicted octanol–water partition coefficient (Wildman–Crippen LogP) is 0.668. The smallest absolute Gasteiger partial charge is 0.330 e. The first-order valence-corrected chi connectivity index (χ1v) is 5.96. The van der Waals surface area contributed by atoms with Crippen LogP contribution in [-0.2, 0) is 14.1 Å². The zero-order chi connectivity index (χ0) is 15.7. The molecule has 0 atom stereocenters. The van der Waals surface area contributed by atoms with Crippen LogP contribution in [0.15, 0.2) is 33.9 Å². The molecule has 0 saturated heterocycles. The molecule has 21 heavy (non-hydrogen) atoms. The first-order chi connectivity index (χ1) is 9.86. The molecule has 0 aliphatic carbocycles. The van der Waals surface area contributed by atoms with Crippen molar-refractivity contribution in [1.82, 2.24) is 9.13 Å². The minimum Gasteiger partial charge on any atom is -0.490 e. The lowest BCUT2D eigenvalue weighted by molar-refractivity contribution is -0.385. The molecule has 0 saturated carbocycles. The highest BCUT2D eigenvalue weighted by Crippen LogP contribution is 2.31. The van der Waals surface area contributed by atoms with Crippen molar-refractivity contribution in [3.05, 3.63) is 55.2 Å². The van der Waals surface area contributed by atoms with Crippen LogP contribution in [-0.4, -0.2) is 21.2 Å². The summed E-state index contributed by atoms with van der Waals surface area (Å²) in [6, 6.07) is 5.51. The van der Waals surface area contributed by atoms with Gasteiger partial charge in [-0.15, -0.1) is 0 Å². The normalized spacial score (nSPS) is 10.4. The zero-order valence-electron chi connectivity index (χ0n) is 11.7. The van der Waals surface area contributed by atoms with Crippen LogP contribution >= 0.6 is 0 Å². The quantitative estimate of drug-likeness (QED) is 0.611. The fourth-order valence-electron chi connectivity index (χ4n) is 2.00. The van der Waals surface area contributed by atoms with E-state index in [1.807, 2.05) is 0 Å². The Morgan fingerprint density at radius 3 is 2.38 bits per heavy atom. The van der Waals surface area contributed by atoms with Gasteiger partial charge in [0.1, 0.15) is 0 Å². The van der Waals surface area contributed by atoms with Gasteiger partial charge in [-0.1, -0.05) is 0 Å². The monoisotopic (exact) mass is 291 g/mol. The topological polar surface area (TPSA) is 96.4 Å². The molecular formula is C13H13N3O5. The molecule has 0 aliphatic heterocycles. The molecular weight excluding hydrogens is 278 g/mol. The Morgan fingerprint density at radius 2 is 1.81 bits per heavy atom. The fraction of sp³-hybridized carbons (Fsp3) is 0.231. The van der Waals surface area contributed by atoms with Crippen LogP contribution in [0.25, 0.3) is 11.3 Å². The van der Waals surface area contributed by atoms with Crippen molar-refractivity contribution >= 4 is 5.69 Å². The van der Waals surface area contributed by atoms with Crippen LogP contribution in [0.2, 0.25) is 0 Å². The molecule has 2 aromatic rings. The molecule has 2 rings (SSSR count). The van der Waals surface area contributed by atoms with Gasteiger partial charge in [0.15, 0.2) is 5.75 Å².